The van der Waals surface area contributed by atoms with E-state index in [2.05, 4.69) is 15.6 Å². The fourth-order valence-corrected chi connectivity index (χ4v) is 3.07. The molecule has 6 nitrogen and oxygen atoms in total. The highest BCUT2D eigenvalue weighted by Gasteiger charge is 2.11. The average Bonchev–Trinajstić information content (AvgIpc) is 3.10. The fourth-order valence-electron chi connectivity index (χ4n) is 2.36. The van der Waals surface area contributed by atoms with Gasteiger partial charge < -0.3 is 15.4 Å². The number of nitrogens with one attached hydrogen (secondary N) is 2. The van der Waals surface area contributed by atoms with Gasteiger partial charge in [0.25, 0.3) is 5.91 Å². The molecule has 2 N–H and O–H groups in total. The number of nitrogens with zero attached hydrogens (tertiary/aromatic N) is 1. The predicted octanol–water partition coefficient (Wildman–Crippen LogP) is 2.63. The van der Waals surface area contributed by atoms with Crippen LogP contribution in [-0.4, -0.2) is 29.1 Å². The van der Waals surface area contributed by atoms with Crippen molar-refractivity contribution in [2.45, 2.75) is 39.2 Å². The van der Waals surface area contributed by atoms with Crippen LogP contribution >= 0.6 is 11.3 Å². The minimum Gasteiger partial charge on any atom is -0.350 e. The number of ketones is 1. The lowest BCUT2D eigenvalue weighted by atomic mass is 10.1. The first kappa shape index (κ1) is 20.7. The summed E-state index contributed by atoms with van der Waals surface area (Å²) in [5, 5.41) is 7.67. The van der Waals surface area contributed by atoms with Crippen LogP contribution in [-0.2, 0) is 22.6 Å². The molecule has 2 aromatic rings. The van der Waals surface area contributed by atoms with Gasteiger partial charge in [-0.25, -0.2) is 9.37 Å². The van der Waals surface area contributed by atoms with Crippen LogP contribution in [0.15, 0.2) is 29.6 Å². The lowest BCUT2D eigenvalue weighted by Crippen LogP contribution is -2.26. The second-order valence-corrected chi connectivity index (χ2v) is 7.00. The van der Waals surface area contributed by atoms with Crippen LogP contribution in [0.1, 0.15) is 47.2 Å². The zero-order chi connectivity index (χ0) is 19.6. The molecule has 0 radical (unpaired) electrons. The van der Waals surface area contributed by atoms with Crippen LogP contribution in [0.2, 0.25) is 0 Å². The summed E-state index contributed by atoms with van der Waals surface area (Å²) in [5.41, 5.74) is 0.818. The molecule has 0 saturated carbocycles. The second-order valence-electron chi connectivity index (χ2n) is 6.06. The van der Waals surface area contributed by atoms with Gasteiger partial charge in [-0.1, -0.05) is 18.2 Å². The van der Waals surface area contributed by atoms with Crippen molar-refractivity contribution in [3.8, 4) is 0 Å². The van der Waals surface area contributed by atoms with Gasteiger partial charge >= 0.3 is 0 Å². The van der Waals surface area contributed by atoms with E-state index in [4.69, 9.17) is 0 Å². The number of Topliss-reactive ketones (excluding diaryl/α,β-unsaturated/α-hetero) is 1. The van der Waals surface area contributed by atoms with Gasteiger partial charge in [-0.3, -0.25) is 9.59 Å². The second kappa shape index (κ2) is 10.5. The van der Waals surface area contributed by atoms with E-state index in [0.29, 0.717) is 36.4 Å². The van der Waals surface area contributed by atoms with Gasteiger partial charge in [0.15, 0.2) is 0 Å². The third kappa shape index (κ3) is 7.26. The maximum atomic E-state index is 13.5. The molecule has 0 saturated heterocycles. The molecule has 1 aromatic heterocycles. The van der Waals surface area contributed by atoms with Crippen molar-refractivity contribution in [2.24, 2.45) is 0 Å². The summed E-state index contributed by atoms with van der Waals surface area (Å²) in [7, 11) is 0. The van der Waals surface area contributed by atoms with Crippen molar-refractivity contribution in [1.82, 2.24) is 15.6 Å². The molecule has 144 valence electrons. The molecule has 0 fully saturated rings. The van der Waals surface area contributed by atoms with Gasteiger partial charge in [0.05, 0.1) is 6.54 Å². The highest BCUT2D eigenvalue weighted by Crippen LogP contribution is 2.10. The summed E-state index contributed by atoms with van der Waals surface area (Å²) in [5.74, 6) is -0.709. The first-order valence-electron chi connectivity index (χ1n) is 8.68. The highest BCUT2D eigenvalue weighted by molar-refractivity contribution is 7.09. The Balaban J connectivity index is 1.72. The molecule has 0 aliphatic rings. The number of halogens is 1. The monoisotopic (exact) mass is 391 g/mol. The van der Waals surface area contributed by atoms with Gasteiger partial charge in [0, 0.05) is 24.8 Å². The van der Waals surface area contributed by atoms with Crippen molar-refractivity contribution in [1.29, 1.82) is 0 Å². The maximum absolute atomic E-state index is 13.5. The zero-order valence-electron chi connectivity index (χ0n) is 15.1. The number of rotatable bonds is 10. The first-order chi connectivity index (χ1) is 13.0. The standard InChI is InChI=1S/C19H22FN3O3S/c1-13(24)5-4-8-17(25)22-11-18-23-16(12-27-18)19(26)21-10-9-14-6-2-3-7-15(14)20/h2-3,6-7,12H,4-5,8-11H2,1H3,(H,21,26)(H,22,25). The van der Waals surface area contributed by atoms with E-state index in [1.54, 1.807) is 23.6 Å². The van der Waals surface area contributed by atoms with E-state index in [-0.39, 0.29) is 42.1 Å². The summed E-state index contributed by atoms with van der Waals surface area (Å²) < 4.78 is 13.5. The Kier molecular flexibility index (Phi) is 8.06. The molecule has 0 atom stereocenters. The number of thiazole rings is 1. The molecule has 1 heterocycles. The zero-order valence-corrected chi connectivity index (χ0v) is 15.9. The van der Waals surface area contributed by atoms with E-state index in [1.165, 1.54) is 24.3 Å². The lowest BCUT2D eigenvalue weighted by Gasteiger charge is -2.04. The molecule has 27 heavy (non-hydrogen) atoms. The SMILES string of the molecule is CC(=O)CCCC(=O)NCc1nc(C(=O)NCCc2ccccc2F)cs1. The Bertz CT molecular complexity index is 807. The molecular weight excluding hydrogens is 369 g/mol. The maximum Gasteiger partial charge on any atom is 0.270 e. The fraction of sp³-hybridized carbons (Fsp3) is 0.368. The van der Waals surface area contributed by atoms with Crippen molar-refractivity contribution in [3.05, 3.63) is 51.7 Å². The normalized spacial score (nSPS) is 10.4. The van der Waals surface area contributed by atoms with Crippen LogP contribution < -0.4 is 10.6 Å². The predicted molar refractivity (Wildman–Crippen MR) is 101 cm³/mol. The van der Waals surface area contributed by atoms with Crippen molar-refractivity contribution in [2.75, 3.05) is 6.54 Å². The Hall–Kier alpha value is -2.61. The van der Waals surface area contributed by atoms with E-state index in [0.717, 1.165) is 0 Å². The number of benzene rings is 1. The van der Waals surface area contributed by atoms with E-state index in [1.807, 2.05) is 0 Å². The smallest absolute Gasteiger partial charge is 0.270 e. The van der Waals surface area contributed by atoms with Gasteiger partial charge in [-0.05, 0) is 31.4 Å². The molecule has 1 aromatic carbocycles. The Morgan fingerprint density at radius 3 is 2.67 bits per heavy atom. The molecule has 2 rings (SSSR count). The van der Waals surface area contributed by atoms with Gasteiger partial charge in [-0.2, -0.15) is 0 Å². The number of carbonyl (C=O) groups is 3. The summed E-state index contributed by atoms with van der Waals surface area (Å²) in [4.78, 5) is 38.8. The van der Waals surface area contributed by atoms with Crippen LogP contribution in [0.5, 0.6) is 0 Å². The van der Waals surface area contributed by atoms with Crippen LogP contribution in [0.4, 0.5) is 4.39 Å². The van der Waals surface area contributed by atoms with Crippen LogP contribution in [0.3, 0.4) is 0 Å². The molecule has 0 spiro atoms. The summed E-state index contributed by atoms with van der Waals surface area (Å²) >= 11 is 1.28. The molecule has 0 aliphatic heterocycles. The van der Waals surface area contributed by atoms with Crippen LogP contribution in [0.25, 0.3) is 0 Å². The van der Waals surface area contributed by atoms with Crippen molar-refractivity contribution < 1.29 is 18.8 Å². The number of amides is 2. The summed E-state index contributed by atoms with van der Waals surface area (Å²) in [6, 6.07) is 6.44. The van der Waals surface area contributed by atoms with Crippen LogP contribution in [0, 0.1) is 5.82 Å². The number of carbonyl (C=O) groups excluding carboxylic acids is 3. The minimum atomic E-state index is -0.332. The van der Waals surface area contributed by atoms with Gasteiger partial charge in [-0.15, -0.1) is 11.3 Å². The van der Waals surface area contributed by atoms with Gasteiger partial charge in [0.2, 0.25) is 5.91 Å². The van der Waals surface area contributed by atoms with Crippen molar-refractivity contribution >= 4 is 28.9 Å². The third-order valence-corrected chi connectivity index (χ3v) is 4.64. The molecular formula is C19H22FN3O3S. The minimum absolute atomic E-state index is 0.0633. The molecule has 2 amide bonds. The molecule has 0 unspecified atom stereocenters. The number of aromatic nitrogens is 1. The summed E-state index contributed by atoms with van der Waals surface area (Å²) in [6.45, 7) is 2.04. The van der Waals surface area contributed by atoms with E-state index >= 15 is 0 Å². The number of hydrogen-bond donors (Lipinski definition) is 2. The quantitative estimate of drug-likeness (QED) is 0.652. The van der Waals surface area contributed by atoms with Gasteiger partial charge in [0.1, 0.15) is 22.3 Å². The first-order valence-corrected chi connectivity index (χ1v) is 9.56. The largest absolute Gasteiger partial charge is 0.350 e. The Morgan fingerprint density at radius 2 is 1.93 bits per heavy atom. The topological polar surface area (TPSA) is 88.2 Å². The molecule has 8 heteroatoms. The number of hydrogen-bond acceptors (Lipinski definition) is 5. The Labute approximate surface area is 161 Å². The average molecular weight is 391 g/mol. The highest BCUT2D eigenvalue weighted by atomic mass is 32.1. The molecule has 0 aliphatic carbocycles. The third-order valence-electron chi connectivity index (χ3n) is 3.79. The van der Waals surface area contributed by atoms with Crippen molar-refractivity contribution in [3.63, 3.8) is 0 Å². The molecule has 0 bridgehead atoms. The lowest BCUT2D eigenvalue weighted by molar-refractivity contribution is -0.121. The van der Waals surface area contributed by atoms with E-state index < -0.39 is 0 Å². The van der Waals surface area contributed by atoms with E-state index in [9.17, 15) is 18.8 Å². The Morgan fingerprint density at radius 1 is 1.15 bits per heavy atom. The summed E-state index contributed by atoms with van der Waals surface area (Å²) in [6.07, 6.45) is 1.59.